The summed E-state index contributed by atoms with van der Waals surface area (Å²) in [6.45, 7) is 4.01. The normalized spacial score (nSPS) is 12.4. The van der Waals surface area contributed by atoms with Crippen molar-refractivity contribution in [3.63, 3.8) is 0 Å². The van der Waals surface area contributed by atoms with Gasteiger partial charge in [-0.05, 0) is 38.5 Å². The lowest BCUT2D eigenvalue weighted by molar-refractivity contribution is -0.161. The van der Waals surface area contributed by atoms with Crippen LogP contribution in [0.5, 0.6) is 0 Å². The lowest BCUT2D eigenvalue weighted by Gasteiger charge is -2.15. The van der Waals surface area contributed by atoms with Crippen molar-refractivity contribution in [1.82, 2.24) is 0 Å². The Kier molecular flexibility index (Phi) is 25.7. The van der Waals surface area contributed by atoms with E-state index in [4.69, 9.17) is 9.47 Å². The minimum absolute atomic E-state index is 0.0698. The van der Waals surface area contributed by atoms with E-state index in [9.17, 15) is 14.7 Å². The van der Waals surface area contributed by atoms with Gasteiger partial charge in [-0.1, -0.05) is 109 Å². The molecule has 0 heterocycles. The molecular weight excluding hydrogens is 440 g/mol. The number of aliphatic hydroxyl groups excluding tert-OH is 1. The molecule has 0 rings (SSSR count). The smallest absolute Gasteiger partial charge is 0.306 e. The van der Waals surface area contributed by atoms with Crippen LogP contribution in [0.2, 0.25) is 0 Å². The molecule has 0 aromatic heterocycles. The molecule has 204 valence electrons. The van der Waals surface area contributed by atoms with Gasteiger partial charge in [0.2, 0.25) is 0 Å². The molecule has 0 aliphatic carbocycles. The fourth-order valence-electron chi connectivity index (χ4n) is 3.74. The van der Waals surface area contributed by atoms with Crippen molar-refractivity contribution in [3.8, 4) is 0 Å². The maximum absolute atomic E-state index is 12.0. The van der Waals surface area contributed by atoms with Crippen molar-refractivity contribution < 1.29 is 24.2 Å². The lowest BCUT2D eigenvalue weighted by atomic mass is 10.1. The first-order chi connectivity index (χ1) is 17.1. The second-order valence-corrected chi connectivity index (χ2v) is 9.48. The summed E-state index contributed by atoms with van der Waals surface area (Å²) in [5.74, 6) is -0.617. The predicted octanol–water partition coefficient (Wildman–Crippen LogP) is 8.00. The van der Waals surface area contributed by atoms with Crippen LogP contribution in [0, 0.1) is 0 Å². The summed E-state index contributed by atoms with van der Waals surface area (Å²) in [4.78, 5) is 23.9. The van der Waals surface area contributed by atoms with Crippen molar-refractivity contribution in [2.45, 2.75) is 142 Å². The van der Waals surface area contributed by atoms with Crippen LogP contribution in [-0.4, -0.2) is 36.4 Å². The van der Waals surface area contributed by atoms with E-state index in [1.54, 1.807) is 0 Å². The highest BCUT2D eigenvalue weighted by Gasteiger charge is 2.16. The number of aliphatic hydroxyl groups is 1. The molecule has 0 aromatic carbocycles. The van der Waals surface area contributed by atoms with E-state index in [-0.39, 0.29) is 25.2 Å². The van der Waals surface area contributed by atoms with Gasteiger partial charge in [0, 0.05) is 12.8 Å². The van der Waals surface area contributed by atoms with Gasteiger partial charge in [0.25, 0.3) is 0 Å². The summed E-state index contributed by atoms with van der Waals surface area (Å²) in [5, 5.41) is 9.42. The molecular formula is C30H54O5. The van der Waals surface area contributed by atoms with Crippen molar-refractivity contribution in [3.05, 3.63) is 24.3 Å². The summed E-state index contributed by atoms with van der Waals surface area (Å²) < 4.78 is 10.4. The van der Waals surface area contributed by atoms with Gasteiger partial charge in [0.05, 0.1) is 6.61 Å². The number of hydrogen-bond acceptors (Lipinski definition) is 5. The van der Waals surface area contributed by atoms with Gasteiger partial charge in [0.15, 0.2) is 6.10 Å². The number of allylic oxidation sites excluding steroid dienone is 4. The minimum Gasteiger partial charge on any atom is -0.462 e. The molecule has 0 amide bonds. The largest absolute Gasteiger partial charge is 0.462 e. The fraction of sp³-hybridized carbons (Fsp3) is 0.800. The first-order valence-electron chi connectivity index (χ1n) is 14.4. The van der Waals surface area contributed by atoms with Gasteiger partial charge < -0.3 is 14.6 Å². The molecule has 0 radical (unpaired) electrons. The summed E-state index contributed by atoms with van der Waals surface area (Å²) in [6, 6.07) is 0. The molecule has 0 bridgehead atoms. The van der Waals surface area contributed by atoms with E-state index in [1.807, 2.05) is 0 Å². The van der Waals surface area contributed by atoms with Crippen LogP contribution in [0.25, 0.3) is 0 Å². The maximum atomic E-state index is 12.0. The third-order valence-corrected chi connectivity index (χ3v) is 6.00. The van der Waals surface area contributed by atoms with E-state index in [2.05, 4.69) is 38.2 Å². The Labute approximate surface area is 215 Å². The van der Waals surface area contributed by atoms with Gasteiger partial charge in [-0.2, -0.15) is 0 Å². The quantitative estimate of drug-likeness (QED) is 0.0790. The summed E-state index contributed by atoms with van der Waals surface area (Å²) in [6.07, 6.45) is 28.1. The molecule has 0 saturated heterocycles. The average Bonchev–Trinajstić information content (AvgIpc) is 2.86. The summed E-state index contributed by atoms with van der Waals surface area (Å²) in [7, 11) is 0. The Balaban J connectivity index is 3.64. The first kappa shape index (κ1) is 33.4. The standard InChI is InChI=1S/C30H54O5/c1-3-5-7-9-11-12-13-14-15-16-17-19-21-23-25-30(33)35-28(26-31)27-34-29(32)24-22-20-18-10-8-6-4-2/h9,11,13-14,28,31H,3-8,10,12,15-27H2,1-2H3/b11-9+,14-13+/t28-/m0/s1. The molecule has 1 atom stereocenters. The lowest BCUT2D eigenvalue weighted by Crippen LogP contribution is -2.28. The Morgan fingerprint density at radius 2 is 1.17 bits per heavy atom. The number of esters is 2. The third-order valence-electron chi connectivity index (χ3n) is 6.00. The maximum Gasteiger partial charge on any atom is 0.306 e. The number of carbonyl (C=O) groups excluding carboxylic acids is 2. The van der Waals surface area contributed by atoms with Crippen LogP contribution in [0.3, 0.4) is 0 Å². The Bertz CT molecular complexity index is 541. The van der Waals surface area contributed by atoms with E-state index in [1.165, 1.54) is 57.8 Å². The number of hydrogen-bond donors (Lipinski definition) is 1. The number of unbranched alkanes of at least 4 members (excludes halogenated alkanes) is 13. The zero-order valence-corrected chi connectivity index (χ0v) is 22.8. The Morgan fingerprint density at radius 3 is 1.77 bits per heavy atom. The predicted molar refractivity (Wildman–Crippen MR) is 145 cm³/mol. The van der Waals surface area contributed by atoms with Gasteiger partial charge in [-0.15, -0.1) is 0 Å². The molecule has 1 N–H and O–H groups in total. The van der Waals surface area contributed by atoms with Crippen LogP contribution in [-0.2, 0) is 19.1 Å². The summed E-state index contributed by atoms with van der Waals surface area (Å²) >= 11 is 0. The third kappa shape index (κ3) is 25.3. The van der Waals surface area contributed by atoms with Gasteiger partial charge in [0.1, 0.15) is 6.61 Å². The molecule has 0 aliphatic heterocycles. The first-order valence-corrected chi connectivity index (χ1v) is 14.4. The topological polar surface area (TPSA) is 72.8 Å². The molecule has 5 nitrogen and oxygen atoms in total. The molecule has 0 fully saturated rings. The van der Waals surface area contributed by atoms with Crippen LogP contribution < -0.4 is 0 Å². The molecule has 5 heteroatoms. The zero-order chi connectivity index (χ0) is 25.8. The molecule has 35 heavy (non-hydrogen) atoms. The highest BCUT2D eigenvalue weighted by Crippen LogP contribution is 2.11. The van der Waals surface area contributed by atoms with Gasteiger partial charge in [-0.3, -0.25) is 9.59 Å². The van der Waals surface area contributed by atoms with Crippen LogP contribution >= 0.6 is 0 Å². The molecule has 0 aliphatic rings. The molecule has 0 aromatic rings. The number of rotatable bonds is 25. The second-order valence-electron chi connectivity index (χ2n) is 9.48. The van der Waals surface area contributed by atoms with E-state index in [0.29, 0.717) is 12.8 Å². The van der Waals surface area contributed by atoms with Gasteiger partial charge >= 0.3 is 11.9 Å². The molecule has 0 saturated carbocycles. The van der Waals surface area contributed by atoms with Crippen molar-refractivity contribution in [2.24, 2.45) is 0 Å². The monoisotopic (exact) mass is 494 g/mol. The Hall–Kier alpha value is -1.62. The Morgan fingerprint density at radius 1 is 0.657 bits per heavy atom. The highest BCUT2D eigenvalue weighted by atomic mass is 16.6. The molecule has 0 unspecified atom stereocenters. The number of ether oxygens (including phenoxy) is 2. The van der Waals surface area contributed by atoms with E-state index >= 15 is 0 Å². The van der Waals surface area contributed by atoms with E-state index in [0.717, 1.165) is 51.4 Å². The molecule has 0 spiro atoms. The SMILES string of the molecule is CCCC/C=C/C/C=C/CCCCCCCC(=O)O[C@@H](CO)COC(=O)CCCCCCCCC. The van der Waals surface area contributed by atoms with Crippen LogP contribution in [0.15, 0.2) is 24.3 Å². The summed E-state index contributed by atoms with van der Waals surface area (Å²) in [5.41, 5.74) is 0. The van der Waals surface area contributed by atoms with Crippen molar-refractivity contribution in [1.29, 1.82) is 0 Å². The van der Waals surface area contributed by atoms with Gasteiger partial charge in [-0.25, -0.2) is 0 Å². The highest BCUT2D eigenvalue weighted by molar-refractivity contribution is 5.70. The van der Waals surface area contributed by atoms with Crippen molar-refractivity contribution in [2.75, 3.05) is 13.2 Å². The second kappa shape index (κ2) is 27.0. The average molecular weight is 495 g/mol. The van der Waals surface area contributed by atoms with Crippen LogP contribution in [0.1, 0.15) is 136 Å². The number of carbonyl (C=O) groups is 2. The van der Waals surface area contributed by atoms with Crippen molar-refractivity contribution >= 4 is 11.9 Å². The fourth-order valence-corrected chi connectivity index (χ4v) is 3.74. The van der Waals surface area contributed by atoms with Crippen LogP contribution in [0.4, 0.5) is 0 Å². The van der Waals surface area contributed by atoms with E-state index < -0.39 is 6.10 Å². The zero-order valence-electron chi connectivity index (χ0n) is 22.8. The minimum atomic E-state index is -0.770.